The molecular weight excluding hydrogens is 326 g/mol. The van der Waals surface area contributed by atoms with Gasteiger partial charge < -0.3 is 4.90 Å². The van der Waals surface area contributed by atoms with Gasteiger partial charge >= 0.3 is 0 Å². The minimum atomic E-state index is -0.0196. The first-order chi connectivity index (χ1) is 11.8. The average molecular weight is 343 g/mol. The van der Waals surface area contributed by atoms with Crippen molar-refractivity contribution in [2.75, 3.05) is 6.54 Å². The van der Waals surface area contributed by atoms with E-state index in [0.717, 1.165) is 32.4 Å². The lowest BCUT2D eigenvalue weighted by Gasteiger charge is -2.35. The van der Waals surface area contributed by atoms with Crippen LogP contribution in [-0.4, -0.2) is 53.3 Å². The number of nitrogens with one attached hydrogen (secondary N) is 1. The minimum absolute atomic E-state index is 0.0196. The second kappa shape index (κ2) is 6.52. The molecule has 0 spiro atoms. The topological polar surface area (TPSA) is 92.6 Å². The Bertz CT molecular complexity index is 796. The highest BCUT2D eigenvalue weighted by Gasteiger charge is 2.29. The molecule has 4 rings (SSSR count). The standard InChI is InChI=1S/C15H17N7OS/c23-15(12-9-24-14(19-12)13-16-10-17-20-13)22-7-2-1-4-11(22)8-21-6-3-5-18-21/h3,5-6,9-11H,1-2,4,7-8H2,(H,16,17,20)/t11-/m0/s1. The quantitative estimate of drug-likeness (QED) is 0.780. The summed E-state index contributed by atoms with van der Waals surface area (Å²) in [7, 11) is 0. The van der Waals surface area contributed by atoms with Gasteiger partial charge in [0.2, 0.25) is 0 Å². The zero-order valence-electron chi connectivity index (χ0n) is 13.0. The summed E-state index contributed by atoms with van der Waals surface area (Å²) in [6, 6.07) is 2.06. The molecule has 0 saturated carbocycles. The van der Waals surface area contributed by atoms with E-state index in [1.807, 2.05) is 21.8 Å². The Kier molecular flexibility index (Phi) is 4.08. The number of hydrogen-bond acceptors (Lipinski definition) is 6. The number of piperidine rings is 1. The van der Waals surface area contributed by atoms with Crippen LogP contribution in [0.1, 0.15) is 29.8 Å². The second-order valence-electron chi connectivity index (χ2n) is 5.75. The fourth-order valence-corrected chi connectivity index (χ4v) is 3.76. The second-order valence-corrected chi connectivity index (χ2v) is 6.61. The maximum Gasteiger partial charge on any atom is 0.273 e. The monoisotopic (exact) mass is 343 g/mol. The van der Waals surface area contributed by atoms with Crippen molar-refractivity contribution in [2.45, 2.75) is 31.8 Å². The molecule has 8 nitrogen and oxygen atoms in total. The number of amides is 1. The van der Waals surface area contributed by atoms with Gasteiger partial charge in [-0.05, 0) is 25.3 Å². The van der Waals surface area contributed by atoms with Gasteiger partial charge in [0.05, 0.1) is 12.6 Å². The summed E-state index contributed by atoms with van der Waals surface area (Å²) in [6.45, 7) is 1.48. The van der Waals surface area contributed by atoms with E-state index in [-0.39, 0.29) is 11.9 Å². The van der Waals surface area contributed by atoms with Gasteiger partial charge in [-0.1, -0.05) is 0 Å². The van der Waals surface area contributed by atoms with E-state index in [1.54, 1.807) is 11.6 Å². The van der Waals surface area contributed by atoms with Crippen molar-refractivity contribution < 1.29 is 4.79 Å². The van der Waals surface area contributed by atoms with Crippen molar-refractivity contribution in [1.29, 1.82) is 0 Å². The fourth-order valence-electron chi connectivity index (χ4n) is 3.02. The van der Waals surface area contributed by atoms with Crippen LogP contribution in [0.15, 0.2) is 30.2 Å². The third-order valence-electron chi connectivity index (χ3n) is 4.19. The molecule has 0 radical (unpaired) electrons. The normalized spacial score (nSPS) is 18.0. The van der Waals surface area contributed by atoms with Crippen LogP contribution in [0.25, 0.3) is 10.8 Å². The van der Waals surface area contributed by atoms with E-state index in [9.17, 15) is 4.79 Å². The number of likely N-dealkylation sites (tertiary alicyclic amines) is 1. The Morgan fingerprint density at radius 3 is 3.17 bits per heavy atom. The van der Waals surface area contributed by atoms with Crippen molar-refractivity contribution >= 4 is 17.2 Å². The fraction of sp³-hybridized carbons (Fsp3) is 0.400. The molecule has 0 aliphatic carbocycles. The molecule has 0 unspecified atom stereocenters. The molecule has 0 aromatic carbocycles. The van der Waals surface area contributed by atoms with Crippen molar-refractivity contribution in [1.82, 2.24) is 34.8 Å². The first kappa shape index (κ1) is 15.0. The Morgan fingerprint density at radius 2 is 2.38 bits per heavy atom. The summed E-state index contributed by atoms with van der Waals surface area (Å²) in [5.74, 6) is 0.569. The summed E-state index contributed by atoms with van der Waals surface area (Å²) in [5.41, 5.74) is 0.471. The van der Waals surface area contributed by atoms with Crippen molar-refractivity contribution in [3.05, 3.63) is 35.9 Å². The van der Waals surface area contributed by atoms with Gasteiger partial charge in [0, 0.05) is 24.3 Å². The number of aromatic nitrogens is 6. The van der Waals surface area contributed by atoms with Crippen molar-refractivity contribution in [3.8, 4) is 10.8 Å². The third-order valence-corrected chi connectivity index (χ3v) is 5.03. The van der Waals surface area contributed by atoms with Crippen molar-refractivity contribution in [2.24, 2.45) is 0 Å². The first-order valence-electron chi connectivity index (χ1n) is 7.91. The summed E-state index contributed by atoms with van der Waals surface area (Å²) in [6.07, 6.45) is 8.28. The van der Waals surface area contributed by atoms with Gasteiger partial charge in [-0.15, -0.1) is 11.3 Å². The van der Waals surface area contributed by atoms with Crippen LogP contribution >= 0.6 is 11.3 Å². The number of hydrogen-bond donors (Lipinski definition) is 1. The largest absolute Gasteiger partial charge is 0.332 e. The Labute approximate surface area is 142 Å². The van der Waals surface area contributed by atoms with E-state index in [4.69, 9.17) is 0 Å². The summed E-state index contributed by atoms with van der Waals surface area (Å²) < 4.78 is 1.89. The number of aromatic amines is 1. The summed E-state index contributed by atoms with van der Waals surface area (Å²) in [4.78, 5) is 23.4. The maximum absolute atomic E-state index is 12.9. The van der Waals surface area contributed by atoms with Gasteiger partial charge in [0.1, 0.15) is 12.0 Å². The molecule has 1 N–H and O–H groups in total. The van der Waals surface area contributed by atoms with Gasteiger partial charge in [0.25, 0.3) is 5.91 Å². The molecule has 3 aromatic heterocycles. The number of rotatable bonds is 4. The number of carbonyl (C=O) groups excluding carboxylic acids is 1. The predicted octanol–water partition coefficient (Wildman–Crippen LogP) is 1.82. The van der Waals surface area contributed by atoms with E-state index < -0.39 is 0 Å². The predicted molar refractivity (Wildman–Crippen MR) is 88.4 cm³/mol. The molecular formula is C15H17N7OS. The molecule has 124 valence electrons. The lowest BCUT2D eigenvalue weighted by Crippen LogP contribution is -2.46. The van der Waals surface area contributed by atoms with Crippen LogP contribution in [0.2, 0.25) is 0 Å². The van der Waals surface area contributed by atoms with E-state index in [0.29, 0.717) is 16.5 Å². The van der Waals surface area contributed by atoms with Crippen molar-refractivity contribution in [3.63, 3.8) is 0 Å². The third kappa shape index (κ3) is 2.94. The molecule has 1 fully saturated rings. The molecule has 0 bridgehead atoms. The number of nitrogens with zero attached hydrogens (tertiary/aromatic N) is 6. The lowest BCUT2D eigenvalue weighted by molar-refractivity contribution is 0.0579. The van der Waals surface area contributed by atoms with Crippen LogP contribution < -0.4 is 0 Å². The maximum atomic E-state index is 12.9. The van der Waals surface area contributed by atoms with Gasteiger partial charge in [-0.3, -0.25) is 14.6 Å². The molecule has 24 heavy (non-hydrogen) atoms. The molecule has 1 atom stereocenters. The lowest BCUT2D eigenvalue weighted by atomic mass is 10.0. The van der Waals surface area contributed by atoms with Gasteiger partial charge in [0.15, 0.2) is 10.8 Å². The van der Waals surface area contributed by atoms with Crippen LogP contribution in [0.3, 0.4) is 0 Å². The zero-order valence-corrected chi connectivity index (χ0v) is 13.8. The summed E-state index contributed by atoms with van der Waals surface area (Å²) in [5, 5.41) is 13.3. The van der Waals surface area contributed by atoms with E-state index in [1.165, 1.54) is 17.7 Å². The van der Waals surface area contributed by atoms with Crippen LogP contribution in [0.5, 0.6) is 0 Å². The zero-order chi connectivity index (χ0) is 16.4. The Morgan fingerprint density at radius 1 is 1.42 bits per heavy atom. The van der Waals surface area contributed by atoms with Gasteiger partial charge in [-0.25, -0.2) is 9.97 Å². The summed E-state index contributed by atoms with van der Waals surface area (Å²) >= 11 is 1.40. The van der Waals surface area contributed by atoms with Crippen LogP contribution in [0, 0.1) is 0 Å². The highest BCUT2D eigenvalue weighted by Crippen LogP contribution is 2.24. The van der Waals surface area contributed by atoms with Crippen LogP contribution in [-0.2, 0) is 6.54 Å². The SMILES string of the molecule is O=C(c1csc(-c2ncn[nH]2)n1)N1CCCC[C@H]1Cn1cccn1. The highest BCUT2D eigenvalue weighted by atomic mass is 32.1. The number of thiazole rings is 1. The molecule has 1 amide bonds. The molecule has 4 heterocycles. The molecule has 1 saturated heterocycles. The molecule has 1 aliphatic heterocycles. The van der Waals surface area contributed by atoms with Gasteiger partial charge in [-0.2, -0.15) is 10.2 Å². The number of carbonyl (C=O) groups is 1. The Hall–Kier alpha value is -2.55. The average Bonchev–Trinajstić information content (AvgIpc) is 3.35. The molecule has 3 aromatic rings. The van der Waals surface area contributed by atoms with Crippen LogP contribution in [0.4, 0.5) is 0 Å². The van der Waals surface area contributed by atoms with E-state index >= 15 is 0 Å². The highest BCUT2D eigenvalue weighted by molar-refractivity contribution is 7.13. The number of H-pyrrole nitrogens is 1. The molecule has 9 heteroatoms. The smallest absolute Gasteiger partial charge is 0.273 e. The Balaban J connectivity index is 1.53. The first-order valence-corrected chi connectivity index (χ1v) is 8.79. The molecule has 1 aliphatic rings. The van der Waals surface area contributed by atoms with E-state index in [2.05, 4.69) is 25.3 Å². The minimum Gasteiger partial charge on any atom is -0.332 e.